The molecule has 1 aliphatic rings. The minimum Gasteiger partial charge on any atom is -0.315 e. The highest BCUT2D eigenvalue weighted by Crippen LogP contribution is 2.06. The molecule has 0 saturated carbocycles. The van der Waals surface area contributed by atoms with Crippen LogP contribution >= 0.6 is 0 Å². The molecule has 0 bridgehead atoms. The Kier molecular flexibility index (Phi) is 4.31. The highest BCUT2D eigenvalue weighted by molar-refractivity contribution is 5.16. The van der Waals surface area contributed by atoms with Crippen molar-refractivity contribution in [1.29, 1.82) is 0 Å². The topological polar surface area (TPSA) is 15.3 Å². The molecule has 0 atom stereocenters. The zero-order chi connectivity index (χ0) is 11.2. The lowest BCUT2D eigenvalue weighted by atomic mass is 10.1. The van der Waals surface area contributed by atoms with E-state index in [1.807, 2.05) is 6.07 Å². The molecule has 2 nitrogen and oxygen atoms in total. The molecule has 1 saturated heterocycles. The summed E-state index contributed by atoms with van der Waals surface area (Å²) in [6.45, 7) is 5.49. The number of halogens is 1. The van der Waals surface area contributed by atoms with Gasteiger partial charge in [0.15, 0.2) is 0 Å². The van der Waals surface area contributed by atoms with Gasteiger partial charge in [-0.1, -0.05) is 12.1 Å². The van der Waals surface area contributed by atoms with Crippen LogP contribution in [-0.4, -0.2) is 37.6 Å². The van der Waals surface area contributed by atoms with Crippen LogP contribution in [0.5, 0.6) is 0 Å². The average molecular weight is 222 g/mol. The monoisotopic (exact) mass is 222 g/mol. The largest absolute Gasteiger partial charge is 0.315 e. The molecule has 0 aliphatic carbocycles. The third-order valence-electron chi connectivity index (χ3n) is 3.04. The fourth-order valence-electron chi connectivity index (χ4n) is 2.10. The molecule has 2 rings (SSSR count). The lowest BCUT2D eigenvalue weighted by molar-refractivity contribution is 0.296. The number of hydrogen-bond acceptors (Lipinski definition) is 2. The van der Waals surface area contributed by atoms with Gasteiger partial charge in [-0.25, -0.2) is 4.39 Å². The van der Waals surface area contributed by atoms with Crippen molar-refractivity contribution in [3.63, 3.8) is 0 Å². The smallest absolute Gasteiger partial charge is 0.123 e. The van der Waals surface area contributed by atoms with E-state index in [1.165, 1.54) is 12.5 Å². The number of nitrogens with one attached hydrogen (secondary N) is 1. The van der Waals surface area contributed by atoms with Gasteiger partial charge >= 0.3 is 0 Å². The van der Waals surface area contributed by atoms with Gasteiger partial charge in [0.2, 0.25) is 0 Å². The van der Waals surface area contributed by atoms with E-state index in [4.69, 9.17) is 0 Å². The molecule has 3 heteroatoms. The molecule has 0 amide bonds. The van der Waals surface area contributed by atoms with Gasteiger partial charge in [-0.3, -0.25) is 0 Å². The van der Waals surface area contributed by atoms with Gasteiger partial charge < -0.3 is 10.2 Å². The molecule has 16 heavy (non-hydrogen) atoms. The Bertz CT molecular complexity index is 319. The molecular formula is C13H19FN2. The maximum atomic E-state index is 13.0. The Balaban J connectivity index is 1.81. The molecule has 1 fully saturated rings. The van der Waals surface area contributed by atoms with Crippen LogP contribution in [0.25, 0.3) is 0 Å². The van der Waals surface area contributed by atoms with Crippen molar-refractivity contribution in [2.24, 2.45) is 0 Å². The number of benzene rings is 1. The zero-order valence-electron chi connectivity index (χ0n) is 9.58. The zero-order valence-corrected chi connectivity index (χ0v) is 9.58. The molecule has 1 aromatic rings. The van der Waals surface area contributed by atoms with Crippen LogP contribution in [0.3, 0.4) is 0 Å². The maximum Gasteiger partial charge on any atom is 0.123 e. The molecule has 0 aromatic heterocycles. The second kappa shape index (κ2) is 5.97. The van der Waals surface area contributed by atoms with E-state index in [0.29, 0.717) is 0 Å². The summed E-state index contributed by atoms with van der Waals surface area (Å²) in [6, 6.07) is 6.92. The standard InChI is InChI=1S/C13H19FN2/c14-13-4-1-3-12(11-13)5-9-16-8-2-6-15-7-10-16/h1,3-4,11,15H,2,5-10H2. The van der Waals surface area contributed by atoms with Gasteiger partial charge in [0.1, 0.15) is 5.82 Å². The maximum absolute atomic E-state index is 13.0. The van der Waals surface area contributed by atoms with Crippen molar-refractivity contribution in [2.75, 3.05) is 32.7 Å². The van der Waals surface area contributed by atoms with Gasteiger partial charge in [0.25, 0.3) is 0 Å². The lowest BCUT2D eigenvalue weighted by Gasteiger charge is -2.19. The molecule has 1 aromatic carbocycles. The van der Waals surface area contributed by atoms with Crippen molar-refractivity contribution < 1.29 is 4.39 Å². The number of rotatable bonds is 3. The summed E-state index contributed by atoms with van der Waals surface area (Å²) in [5.74, 6) is -0.130. The lowest BCUT2D eigenvalue weighted by Crippen LogP contribution is -2.30. The van der Waals surface area contributed by atoms with E-state index in [0.717, 1.165) is 44.7 Å². The summed E-state index contributed by atoms with van der Waals surface area (Å²) < 4.78 is 13.0. The SMILES string of the molecule is Fc1cccc(CCN2CCCNCC2)c1. The van der Waals surface area contributed by atoms with Crippen LogP contribution in [-0.2, 0) is 6.42 Å². The van der Waals surface area contributed by atoms with E-state index >= 15 is 0 Å². The van der Waals surface area contributed by atoms with Gasteiger partial charge in [-0.15, -0.1) is 0 Å². The second-order valence-corrected chi connectivity index (χ2v) is 4.33. The molecule has 1 N–H and O–H groups in total. The van der Waals surface area contributed by atoms with Crippen LogP contribution in [0.1, 0.15) is 12.0 Å². The molecule has 1 aliphatic heterocycles. The average Bonchev–Trinajstić information content (AvgIpc) is 2.55. The van der Waals surface area contributed by atoms with Gasteiger partial charge in [0, 0.05) is 19.6 Å². The molecular weight excluding hydrogens is 203 g/mol. The minimum atomic E-state index is -0.130. The first-order valence-electron chi connectivity index (χ1n) is 6.02. The van der Waals surface area contributed by atoms with Crippen molar-refractivity contribution in [1.82, 2.24) is 10.2 Å². The summed E-state index contributed by atoms with van der Waals surface area (Å²) in [6.07, 6.45) is 2.15. The predicted molar refractivity (Wildman–Crippen MR) is 64.0 cm³/mol. The van der Waals surface area contributed by atoms with Crippen LogP contribution in [0.15, 0.2) is 24.3 Å². The summed E-state index contributed by atoms with van der Waals surface area (Å²) in [5.41, 5.74) is 1.09. The predicted octanol–water partition coefficient (Wildman–Crippen LogP) is 1.66. The van der Waals surface area contributed by atoms with Crippen LogP contribution in [0, 0.1) is 5.82 Å². The summed E-state index contributed by atoms with van der Waals surface area (Å²) in [5, 5.41) is 3.38. The van der Waals surface area contributed by atoms with Crippen LogP contribution < -0.4 is 5.32 Å². The summed E-state index contributed by atoms with van der Waals surface area (Å²) in [7, 11) is 0. The molecule has 0 unspecified atom stereocenters. The van der Waals surface area contributed by atoms with Gasteiger partial charge in [-0.2, -0.15) is 0 Å². The highest BCUT2D eigenvalue weighted by atomic mass is 19.1. The Labute approximate surface area is 96.5 Å². The molecule has 0 radical (unpaired) electrons. The summed E-state index contributed by atoms with van der Waals surface area (Å²) in [4.78, 5) is 2.45. The van der Waals surface area contributed by atoms with Crippen molar-refractivity contribution >= 4 is 0 Å². The molecule has 0 spiro atoms. The van der Waals surface area contributed by atoms with E-state index < -0.39 is 0 Å². The first-order chi connectivity index (χ1) is 7.84. The minimum absolute atomic E-state index is 0.130. The van der Waals surface area contributed by atoms with E-state index in [1.54, 1.807) is 12.1 Å². The third kappa shape index (κ3) is 3.58. The fraction of sp³-hybridized carbons (Fsp3) is 0.538. The first-order valence-corrected chi connectivity index (χ1v) is 6.02. The Hall–Kier alpha value is -0.930. The second-order valence-electron chi connectivity index (χ2n) is 4.33. The van der Waals surface area contributed by atoms with E-state index in [2.05, 4.69) is 10.2 Å². The van der Waals surface area contributed by atoms with Crippen molar-refractivity contribution in [3.8, 4) is 0 Å². The molecule has 88 valence electrons. The first kappa shape index (κ1) is 11.6. The molecule has 1 heterocycles. The van der Waals surface area contributed by atoms with Crippen molar-refractivity contribution in [2.45, 2.75) is 12.8 Å². The Morgan fingerprint density at radius 2 is 2.19 bits per heavy atom. The van der Waals surface area contributed by atoms with Crippen LogP contribution in [0.2, 0.25) is 0 Å². The summed E-state index contributed by atoms with van der Waals surface area (Å²) >= 11 is 0. The highest BCUT2D eigenvalue weighted by Gasteiger charge is 2.08. The van der Waals surface area contributed by atoms with E-state index in [-0.39, 0.29) is 5.82 Å². The van der Waals surface area contributed by atoms with Crippen LogP contribution in [0.4, 0.5) is 4.39 Å². The van der Waals surface area contributed by atoms with E-state index in [9.17, 15) is 4.39 Å². The van der Waals surface area contributed by atoms with Crippen molar-refractivity contribution in [3.05, 3.63) is 35.6 Å². The normalized spacial score (nSPS) is 18.3. The number of hydrogen-bond donors (Lipinski definition) is 1. The van der Waals surface area contributed by atoms with Gasteiger partial charge in [-0.05, 0) is 43.6 Å². The fourth-order valence-corrected chi connectivity index (χ4v) is 2.10. The Morgan fingerprint density at radius 1 is 1.25 bits per heavy atom. The Morgan fingerprint density at radius 3 is 3.06 bits per heavy atom. The number of nitrogens with zero attached hydrogens (tertiary/aromatic N) is 1. The van der Waals surface area contributed by atoms with Gasteiger partial charge in [0.05, 0.1) is 0 Å². The third-order valence-corrected chi connectivity index (χ3v) is 3.04. The quantitative estimate of drug-likeness (QED) is 0.837.